The number of amides is 1. The zero-order valence-corrected chi connectivity index (χ0v) is 19.3. The topological polar surface area (TPSA) is 83.8 Å². The van der Waals surface area contributed by atoms with E-state index in [4.69, 9.17) is 4.74 Å². The van der Waals surface area contributed by atoms with Gasteiger partial charge in [-0.05, 0) is 73.0 Å². The molecule has 34 heavy (non-hydrogen) atoms. The number of ether oxygens (including phenoxy) is 1. The van der Waals surface area contributed by atoms with Crippen molar-refractivity contribution in [2.45, 2.75) is 44.4 Å². The summed E-state index contributed by atoms with van der Waals surface area (Å²) in [7, 11) is 0. The number of hydrogen-bond acceptors (Lipinski definition) is 5. The maximum atomic E-state index is 13.2. The molecular formula is C27H31N3O4. The first-order chi connectivity index (χ1) is 16.6. The fourth-order valence-corrected chi connectivity index (χ4v) is 4.91. The van der Waals surface area contributed by atoms with Crippen LogP contribution in [0.3, 0.4) is 0 Å². The summed E-state index contributed by atoms with van der Waals surface area (Å²) in [4.78, 5) is 28.2. The van der Waals surface area contributed by atoms with E-state index in [-0.39, 0.29) is 23.6 Å². The van der Waals surface area contributed by atoms with E-state index in [1.165, 1.54) is 0 Å². The van der Waals surface area contributed by atoms with Crippen LogP contribution in [0.1, 0.15) is 41.6 Å². The highest BCUT2D eigenvalue weighted by atomic mass is 16.5. The molecule has 3 aromatic rings. The summed E-state index contributed by atoms with van der Waals surface area (Å²) in [6.45, 7) is 3.56. The van der Waals surface area contributed by atoms with E-state index in [2.05, 4.69) is 16.3 Å². The second-order valence-electron chi connectivity index (χ2n) is 9.30. The molecule has 2 heterocycles. The minimum Gasteiger partial charge on any atom is -0.393 e. The molecule has 7 nitrogen and oxygen atoms in total. The van der Waals surface area contributed by atoms with Crippen molar-refractivity contribution in [1.29, 1.82) is 0 Å². The predicted molar refractivity (Wildman–Crippen MR) is 133 cm³/mol. The Morgan fingerprint density at radius 1 is 1.03 bits per heavy atom. The van der Waals surface area contributed by atoms with Crippen LogP contribution in [-0.4, -0.2) is 54.0 Å². The largest absolute Gasteiger partial charge is 0.393 e. The average Bonchev–Trinajstić information content (AvgIpc) is 2.87. The number of pyridine rings is 1. The zero-order valence-electron chi connectivity index (χ0n) is 19.3. The molecule has 7 heteroatoms. The van der Waals surface area contributed by atoms with E-state index in [0.29, 0.717) is 17.5 Å². The molecule has 1 amide bonds. The summed E-state index contributed by atoms with van der Waals surface area (Å²) in [5, 5.41) is 14.4. The molecule has 1 aliphatic heterocycles. The van der Waals surface area contributed by atoms with E-state index in [1.807, 2.05) is 42.6 Å². The zero-order chi connectivity index (χ0) is 23.5. The highest BCUT2D eigenvalue weighted by Gasteiger charge is 2.21. The highest BCUT2D eigenvalue weighted by molar-refractivity contribution is 5.94. The van der Waals surface area contributed by atoms with Gasteiger partial charge in [0.2, 0.25) is 0 Å². The normalized spacial score (nSPS) is 20.9. The third-order valence-corrected chi connectivity index (χ3v) is 6.91. The molecule has 0 atom stereocenters. The Hall–Kier alpha value is -3.16. The Kier molecular flexibility index (Phi) is 6.65. The number of morpholine rings is 1. The van der Waals surface area contributed by atoms with Gasteiger partial charge in [-0.1, -0.05) is 12.1 Å². The number of aromatic nitrogens is 1. The van der Waals surface area contributed by atoms with E-state index >= 15 is 0 Å². The molecule has 1 aliphatic carbocycles. The van der Waals surface area contributed by atoms with E-state index in [1.54, 1.807) is 10.6 Å². The Bertz CT molecular complexity index is 1220. The number of hydrogen-bond donors (Lipinski definition) is 2. The van der Waals surface area contributed by atoms with Crippen molar-refractivity contribution < 1.29 is 14.6 Å². The van der Waals surface area contributed by atoms with Gasteiger partial charge in [-0.2, -0.15) is 0 Å². The van der Waals surface area contributed by atoms with Crippen molar-refractivity contribution in [3.8, 4) is 0 Å². The van der Waals surface area contributed by atoms with E-state index in [0.717, 1.165) is 68.6 Å². The van der Waals surface area contributed by atoms with Crippen molar-refractivity contribution in [3.63, 3.8) is 0 Å². The molecule has 0 spiro atoms. The summed E-state index contributed by atoms with van der Waals surface area (Å²) in [5.41, 5.74) is 2.56. The standard InChI is InChI=1S/C27H31N3O4/c31-24-7-4-22(5-8-24)28-26(32)21-3-1-2-19(16-21)18-30-11-10-20-17-23(6-9-25(20)27(30)33)29-12-14-34-15-13-29/h1-3,6,9-11,16-17,22,24,31H,4-5,7-8,12-15,18H2,(H,28,32). The third-order valence-electron chi connectivity index (χ3n) is 6.91. The van der Waals surface area contributed by atoms with E-state index < -0.39 is 0 Å². The molecule has 0 bridgehead atoms. The summed E-state index contributed by atoms with van der Waals surface area (Å²) in [5.74, 6) is -0.107. The lowest BCUT2D eigenvalue weighted by atomic mass is 9.93. The first-order valence-electron chi connectivity index (χ1n) is 12.1. The van der Waals surface area contributed by atoms with Gasteiger partial charge in [0, 0.05) is 42.0 Å². The van der Waals surface area contributed by atoms with Gasteiger partial charge in [0.25, 0.3) is 11.5 Å². The monoisotopic (exact) mass is 461 g/mol. The Balaban J connectivity index is 1.31. The quantitative estimate of drug-likeness (QED) is 0.611. The predicted octanol–water partition coefficient (Wildman–Crippen LogP) is 2.92. The van der Waals surface area contributed by atoms with E-state index in [9.17, 15) is 14.7 Å². The summed E-state index contributed by atoms with van der Waals surface area (Å²) >= 11 is 0. The molecule has 1 saturated carbocycles. The molecule has 1 aromatic heterocycles. The number of carbonyl (C=O) groups is 1. The molecule has 2 N–H and O–H groups in total. The Morgan fingerprint density at radius 3 is 2.62 bits per heavy atom. The van der Waals surface area contributed by atoms with Crippen LogP contribution in [-0.2, 0) is 11.3 Å². The minimum absolute atomic E-state index is 0.0401. The summed E-state index contributed by atoms with van der Waals surface area (Å²) in [6, 6.07) is 15.5. The summed E-state index contributed by atoms with van der Waals surface area (Å²) in [6.07, 6.45) is 4.63. The van der Waals surface area contributed by atoms with Gasteiger partial charge in [-0.25, -0.2) is 0 Å². The van der Waals surface area contributed by atoms with Crippen LogP contribution in [0.25, 0.3) is 10.8 Å². The van der Waals surface area contributed by atoms with Crippen molar-refractivity contribution in [2.24, 2.45) is 0 Å². The van der Waals surface area contributed by atoms with Gasteiger partial charge in [-0.3, -0.25) is 9.59 Å². The molecule has 1 saturated heterocycles. The molecule has 2 aromatic carbocycles. The number of nitrogens with zero attached hydrogens (tertiary/aromatic N) is 2. The second-order valence-corrected chi connectivity index (χ2v) is 9.30. The molecule has 178 valence electrons. The fraction of sp³-hybridized carbons (Fsp3) is 0.407. The van der Waals surface area contributed by atoms with Crippen molar-refractivity contribution in [1.82, 2.24) is 9.88 Å². The number of benzene rings is 2. The Morgan fingerprint density at radius 2 is 1.82 bits per heavy atom. The van der Waals surface area contributed by atoms with Crippen LogP contribution in [0, 0.1) is 0 Å². The minimum atomic E-state index is -0.247. The Labute approximate surface area is 199 Å². The lowest BCUT2D eigenvalue weighted by Crippen LogP contribution is -2.38. The maximum Gasteiger partial charge on any atom is 0.258 e. The average molecular weight is 462 g/mol. The van der Waals surface area contributed by atoms with Gasteiger partial charge in [-0.15, -0.1) is 0 Å². The van der Waals surface area contributed by atoms with Crippen LogP contribution < -0.4 is 15.8 Å². The van der Waals surface area contributed by atoms with Gasteiger partial charge >= 0.3 is 0 Å². The maximum absolute atomic E-state index is 13.2. The number of aliphatic hydroxyl groups is 1. The highest BCUT2D eigenvalue weighted by Crippen LogP contribution is 2.22. The fourth-order valence-electron chi connectivity index (χ4n) is 4.91. The number of nitrogens with one attached hydrogen (secondary N) is 1. The van der Waals surface area contributed by atoms with Crippen LogP contribution in [0.15, 0.2) is 59.5 Å². The van der Waals surface area contributed by atoms with Crippen LogP contribution in [0.2, 0.25) is 0 Å². The van der Waals surface area contributed by atoms with Gasteiger partial charge in [0.15, 0.2) is 0 Å². The number of anilines is 1. The smallest absolute Gasteiger partial charge is 0.258 e. The first kappa shape index (κ1) is 22.6. The molecule has 2 aliphatic rings. The van der Waals surface area contributed by atoms with Gasteiger partial charge in [0.05, 0.1) is 25.9 Å². The van der Waals surface area contributed by atoms with Gasteiger partial charge in [0.1, 0.15) is 0 Å². The molecular weight excluding hydrogens is 430 g/mol. The molecule has 2 fully saturated rings. The number of carbonyl (C=O) groups excluding carboxylic acids is 1. The van der Waals surface area contributed by atoms with Crippen LogP contribution >= 0.6 is 0 Å². The van der Waals surface area contributed by atoms with Crippen LogP contribution in [0.5, 0.6) is 0 Å². The number of rotatable bonds is 5. The lowest BCUT2D eigenvalue weighted by Gasteiger charge is -2.29. The second kappa shape index (κ2) is 9.99. The third kappa shape index (κ3) is 5.00. The lowest BCUT2D eigenvalue weighted by molar-refractivity contribution is 0.0867. The van der Waals surface area contributed by atoms with Crippen LogP contribution in [0.4, 0.5) is 5.69 Å². The van der Waals surface area contributed by atoms with Crippen molar-refractivity contribution >= 4 is 22.4 Å². The van der Waals surface area contributed by atoms with Gasteiger partial charge < -0.3 is 24.6 Å². The summed E-state index contributed by atoms with van der Waals surface area (Å²) < 4.78 is 7.13. The SMILES string of the molecule is O=C(NC1CCC(O)CC1)c1cccc(Cn2ccc3cc(N4CCOCC4)ccc3c2=O)c1. The number of fused-ring (bicyclic) bond motifs is 1. The first-order valence-corrected chi connectivity index (χ1v) is 12.1. The molecule has 5 rings (SSSR count). The molecule has 0 radical (unpaired) electrons. The number of aliphatic hydroxyl groups excluding tert-OH is 1. The molecule has 0 unspecified atom stereocenters. The van der Waals surface area contributed by atoms with Crippen molar-refractivity contribution in [2.75, 3.05) is 31.2 Å². The van der Waals surface area contributed by atoms with Crippen molar-refractivity contribution in [3.05, 3.63) is 76.2 Å².